The molecule has 88 valence electrons. The predicted octanol–water partition coefficient (Wildman–Crippen LogP) is 2.17. The van der Waals surface area contributed by atoms with Crippen LogP contribution in [-0.2, 0) is 0 Å². The maximum absolute atomic E-state index is 9.25. The molecule has 2 N–H and O–H groups in total. The van der Waals surface area contributed by atoms with E-state index in [1.54, 1.807) is 0 Å². The van der Waals surface area contributed by atoms with Gasteiger partial charge in [-0.05, 0) is 56.4 Å². The second-order valence-electron chi connectivity index (χ2n) is 5.39. The molecule has 0 radical (unpaired) electrons. The zero-order valence-corrected chi connectivity index (χ0v) is 9.91. The van der Waals surface area contributed by atoms with Gasteiger partial charge in [-0.15, -0.1) is 0 Å². The molecule has 2 saturated carbocycles. The Kier molecular flexibility index (Phi) is 4.04. The summed E-state index contributed by atoms with van der Waals surface area (Å²) < 4.78 is 0. The van der Waals surface area contributed by atoms with Crippen molar-refractivity contribution in [2.75, 3.05) is 13.2 Å². The van der Waals surface area contributed by atoms with Crippen LogP contribution in [0.25, 0.3) is 0 Å². The molecule has 2 rings (SSSR count). The normalized spacial score (nSPS) is 33.2. The molecule has 0 bridgehead atoms. The first-order valence-electron chi connectivity index (χ1n) is 6.69. The topological polar surface area (TPSA) is 32.3 Å². The molecule has 0 saturated heterocycles. The summed E-state index contributed by atoms with van der Waals surface area (Å²) in [6.45, 7) is 3.82. The van der Waals surface area contributed by atoms with Gasteiger partial charge in [-0.1, -0.05) is 13.3 Å². The van der Waals surface area contributed by atoms with E-state index in [2.05, 4.69) is 12.2 Å². The second kappa shape index (κ2) is 5.31. The summed E-state index contributed by atoms with van der Waals surface area (Å²) in [6, 6.07) is 0.755. The van der Waals surface area contributed by atoms with E-state index < -0.39 is 0 Å². The third kappa shape index (κ3) is 2.94. The van der Waals surface area contributed by atoms with Crippen LogP contribution in [-0.4, -0.2) is 24.3 Å². The zero-order chi connectivity index (χ0) is 10.7. The third-order valence-electron chi connectivity index (χ3n) is 4.32. The summed E-state index contributed by atoms with van der Waals surface area (Å²) in [5.41, 5.74) is 0. The van der Waals surface area contributed by atoms with E-state index in [-0.39, 0.29) is 0 Å². The fourth-order valence-corrected chi connectivity index (χ4v) is 3.07. The van der Waals surface area contributed by atoms with Gasteiger partial charge in [-0.3, -0.25) is 0 Å². The highest BCUT2D eigenvalue weighted by Crippen LogP contribution is 2.35. The molecular weight excluding hydrogens is 186 g/mol. The van der Waals surface area contributed by atoms with Crippen molar-refractivity contribution in [1.82, 2.24) is 5.32 Å². The highest BCUT2D eigenvalue weighted by atomic mass is 16.3. The van der Waals surface area contributed by atoms with Crippen molar-refractivity contribution in [3.05, 3.63) is 0 Å². The second-order valence-corrected chi connectivity index (χ2v) is 5.39. The first kappa shape index (κ1) is 11.4. The fourth-order valence-electron chi connectivity index (χ4n) is 3.07. The predicted molar refractivity (Wildman–Crippen MR) is 62.7 cm³/mol. The molecule has 15 heavy (non-hydrogen) atoms. The average molecular weight is 211 g/mol. The monoisotopic (exact) mass is 211 g/mol. The Balaban J connectivity index is 1.71. The molecule has 0 amide bonds. The van der Waals surface area contributed by atoms with Crippen molar-refractivity contribution < 1.29 is 5.11 Å². The summed E-state index contributed by atoms with van der Waals surface area (Å²) in [6.07, 6.45) is 8.00. The van der Waals surface area contributed by atoms with E-state index in [4.69, 9.17) is 0 Å². The Bertz CT molecular complexity index is 191. The van der Waals surface area contributed by atoms with E-state index in [1.807, 2.05) is 0 Å². The lowest BCUT2D eigenvalue weighted by atomic mass is 9.96. The molecule has 0 aliphatic heterocycles. The van der Waals surface area contributed by atoms with E-state index >= 15 is 0 Å². The van der Waals surface area contributed by atoms with Crippen molar-refractivity contribution in [2.24, 2.45) is 17.8 Å². The van der Waals surface area contributed by atoms with E-state index in [9.17, 15) is 5.11 Å². The Hall–Kier alpha value is -0.0800. The van der Waals surface area contributed by atoms with E-state index in [0.29, 0.717) is 12.5 Å². The molecule has 2 aliphatic carbocycles. The molecule has 0 aromatic carbocycles. The van der Waals surface area contributed by atoms with Crippen LogP contribution in [0.1, 0.15) is 45.4 Å². The molecule has 2 heteroatoms. The number of hydrogen-bond donors (Lipinski definition) is 2. The molecule has 2 nitrogen and oxygen atoms in total. The standard InChI is InChI=1S/C13H25NO/c1-2-13(10-6-7-10)14-8-11-4-3-5-12(11)9-15/h10-15H,2-9H2,1H3. The van der Waals surface area contributed by atoms with Crippen LogP contribution in [0.3, 0.4) is 0 Å². The molecule has 0 aromatic rings. The lowest BCUT2D eigenvalue weighted by Gasteiger charge is -2.22. The number of aliphatic hydroxyl groups is 1. The van der Waals surface area contributed by atoms with Crippen LogP contribution in [0, 0.1) is 17.8 Å². The Morgan fingerprint density at radius 1 is 1.20 bits per heavy atom. The number of rotatable bonds is 6. The molecule has 0 heterocycles. The highest BCUT2D eigenvalue weighted by Gasteiger charge is 2.32. The maximum Gasteiger partial charge on any atom is 0.0462 e. The van der Waals surface area contributed by atoms with Crippen LogP contribution < -0.4 is 5.32 Å². The Morgan fingerprint density at radius 3 is 2.53 bits per heavy atom. The van der Waals surface area contributed by atoms with Crippen molar-refractivity contribution in [2.45, 2.75) is 51.5 Å². The smallest absolute Gasteiger partial charge is 0.0462 e. The van der Waals surface area contributed by atoms with Gasteiger partial charge in [0.25, 0.3) is 0 Å². The molecule has 0 aromatic heterocycles. The Morgan fingerprint density at radius 2 is 1.93 bits per heavy atom. The molecule has 0 spiro atoms. The minimum atomic E-state index is 0.395. The molecular formula is C13H25NO. The van der Waals surface area contributed by atoms with Gasteiger partial charge in [-0.2, -0.15) is 0 Å². The van der Waals surface area contributed by atoms with Gasteiger partial charge in [0.15, 0.2) is 0 Å². The van der Waals surface area contributed by atoms with E-state index in [1.165, 1.54) is 38.5 Å². The molecule has 2 aliphatic rings. The van der Waals surface area contributed by atoms with Gasteiger partial charge in [0.05, 0.1) is 0 Å². The van der Waals surface area contributed by atoms with Crippen LogP contribution in [0.15, 0.2) is 0 Å². The number of hydrogen-bond acceptors (Lipinski definition) is 2. The SMILES string of the molecule is CCC(NCC1CCCC1CO)C1CC1. The highest BCUT2D eigenvalue weighted by molar-refractivity contribution is 4.87. The first-order chi connectivity index (χ1) is 7.35. The van der Waals surface area contributed by atoms with Crippen LogP contribution in [0.5, 0.6) is 0 Å². The van der Waals surface area contributed by atoms with E-state index in [0.717, 1.165) is 24.4 Å². The quantitative estimate of drug-likeness (QED) is 0.706. The third-order valence-corrected chi connectivity index (χ3v) is 4.32. The van der Waals surface area contributed by atoms with Gasteiger partial charge < -0.3 is 10.4 Å². The maximum atomic E-state index is 9.25. The van der Waals surface area contributed by atoms with Crippen molar-refractivity contribution in [3.63, 3.8) is 0 Å². The summed E-state index contributed by atoms with van der Waals surface area (Å²) in [7, 11) is 0. The number of aliphatic hydroxyl groups excluding tert-OH is 1. The Labute approximate surface area is 93.5 Å². The van der Waals surface area contributed by atoms with Crippen molar-refractivity contribution >= 4 is 0 Å². The summed E-state index contributed by atoms with van der Waals surface area (Å²) in [4.78, 5) is 0. The first-order valence-corrected chi connectivity index (χ1v) is 6.69. The minimum Gasteiger partial charge on any atom is -0.396 e. The van der Waals surface area contributed by atoms with Gasteiger partial charge in [0.2, 0.25) is 0 Å². The lowest BCUT2D eigenvalue weighted by molar-refractivity contribution is 0.189. The summed E-state index contributed by atoms with van der Waals surface area (Å²) in [5, 5.41) is 13.0. The largest absolute Gasteiger partial charge is 0.396 e. The van der Waals surface area contributed by atoms with Crippen molar-refractivity contribution in [3.8, 4) is 0 Å². The van der Waals surface area contributed by atoms with Gasteiger partial charge in [-0.25, -0.2) is 0 Å². The fraction of sp³-hybridized carbons (Fsp3) is 1.00. The molecule has 3 atom stereocenters. The van der Waals surface area contributed by atoms with Gasteiger partial charge in [0, 0.05) is 12.6 Å². The number of nitrogens with one attached hydrogen (secondary N) is 1. The molecule has 3 unspecified atom stereocenters. The van der Waals surface area contributed by atoms with Crippen LogP contribution in [0.2, 0.25) is 0 Å². The summed E-state index contributed by atoms with van der Waals surface area (Å²) >= 11 is 0. The van der Waals surface area contributed by atoms with Crippen LogP contribution >= 0.6 is 0 Å². The minimum absolute atomic E-state index is 0.395. The summed E-state index contributed by atoms with van der Waals surface area (Å²) in [5.74, 6) is 2.28. The lowest BCUT2D eigenvalue weighted by Crippen LogP contribution is -2.36. The molecule has 2 fully saturated rings. The van der Waals surface area contributed by atoms with Crippen molar-refractivity contribution in [1.29, 1.82) is 0 Å². The van der Waals surface area contributed by atoms with Gasteiger partial charge in [0.1, 0.15) is 0 Å². The zero-order valence-electron chi connectivity index (χ0n) is 9.91. The van der Waals surface area contributed by atoms with Crippen LogP contribution in [0.4, 0.5) is 0 Å². The van der Waals surface area contributed by atoms with Gasteiger partial charge >= 0.3 is 0 Å². The average Bonchev–Trinajstić information content (AvgIpc) is 2.98.